The van der Waals surface area contributed by atoms with E-state index in [1.807, 2.05) is 0 Å². The Hall–Kier alpha value is -1.69. The van der Waals surface area contributed by atoms with Gasteiger partial charge in [0.2, 0.25) is 0 Å². The van der Waals surface area contributed by atoms with E-state index in [1.165, 1.54) is 18.6 Å². The number of aromatic nitrogens is 2. The molecule has 0 aliphatic heterocycles. The van der Waals surface area contributed by atoms with Gasteiger partial charge in [0.25, 0.3) is 5.78 Å². The zero-order chi connectivity index (χ0) is 11.0. The Morgan fingerprint density at radius 3 is 2.87 bits per heavy atom. The second-order valence-corrected chi connectivity index (χ2v) is 3.66. The lowest BCUT2D eigenvalue weighted by atomic mass is 10.2. The molecule has 6 heteroatoms. The average Bonchev–Trinajstić information content (AvgIpc) is 2.56. The summed E-state index contributed by atoms with van der Waals surface area (Å²) in [5, 5.41) is 8.61. The summed E-state index contributed by atoms with van der Waals surface area (Å²) in [4.78, 5) is 25.7. The van der Waals surface area contributed by atoms with E-state index in [2.05, 4.69) is 20.9 Å². The first kappa shape index (κ1) is 9.85. The smallest absolute Gasteiger partial charge is 0.377 e. The molecule has 1 N–H and O–H groups in total. The van der Waals surface area contributed by atoms with E-state index in [0.717, 1.165) is 0 Å². The zero-order valence-electron chi connectivity index (χ0n) is 7.35. The third kappa shape index (κ3) is 1.52. The molecule has 0 aliphatic rings. The van der Waals surface area contributed by atoms with E-state index in [1.54, 1.807) is 10.5 Å². The second-order valence-electron chi connectivity index (χ2n) is 2.85. The van der Waals surface area contributed by atoms with Gasteiger partial charge in [0, 0.05) is 6.20 Å². The summed E-state index contributed by atoms with van der Waals surface area (Å²) in [6, 6.07) is 3.05. The van der Waals surface area contributed by atoms with Gasteiger partial charge in [-0.15, -0.1) is 0 Å². The maximum absolute atomic E-state index is 11.3. The standard InChI is InChI=1S/C9H5BrN2O3/c10-7-3-5(8(13)9(14)15)6-1-2-11-4-12(6)7/h1-4H,(H,14,15). The minimum atomic E-state index is -1.47. The maximum atomic E-state index is 11.3. The first-order valence-corrected chi connectivity index (χ1v) is 4.79. The van der Waals surface area contributed by atoms with Crippen LogP contribution < -0.4 is 0 Å². The fourth-order valence-corrected chi connectivity index (χ4v) is 1.82. The van der Waals surface area contributed by atoms with Crippen LogP contribution in [0, 0.1) is 0 Å². The molecule has 2 rings (SSSR count). The van der Waals surface area contributed by atoms with Crippen molar-refractivity contribution in [2.24, 2.45) is 0 Å². The van der Waals surface area contributed by atoms with Crippen molar-refractivity contribution < 1.29 is 14.7 Å². The number of carboxylic acids is 1. The van der Waals surface area contributed by atoms with Gasteiger partial charge < -0.3 is 5.11 Å². The van der Waals surface area contributed by atoms with Gasteiger partial charge in [-0.1, -0.05) is 0 Å². The van der Waals surface area contributed by atoms with Crippen LogP contribution in [0.15, 0.2) is 29.3 Å². The van der Waals surface area contributed by atoms with Crippen LogP contribution in [0.4, 0.5) is 0 Å². The third-order valence-electron chi connectivity index (χ3n) is 1.97. The minimum absolute atomic E-state index is 0.150. The molecule has 0 saturated carbocycles. The number of rotatable bonds is 2. The first-order valence-electron chi connectivity index (χ1n) is 3.99. The minimum Gasteiger partial charge on any atom is -0.475 e. The van der Waals surface area contributed by atoms with Crippen LogP contribution in [0.1, 0.15) is 10.4 Å². The summed E-state index contributed by atoms with van der Waals surface area (Å²) in [6.45, 7) is 0. The van der Waals surface area contributed by atoms with E-state index in [4.69, 9.17) is 5.11 Å². The maximum Gasteiger partial charge on any atom is 0.377 e. The molecular formula is C9H5BrN2O3. The van der Waals surface area contributed by atoms with Crippen LogP contribution in [-0.4, -0.2) is 26.2 Å². The van der Waals surface area contributed by atoms with Crippen molar-refractivity contribution in [1.29, 1.82) is 0 Å². The quantitative estimate of drug-likeness (QED) is 0.660. The fourth-order valence-electron chi connectivity index (χ4n) is 1.31. The number of hydrogen-bond acceptors (Lipinski definition) is 3. The van der Waals surface area contributed by atoms with Crippen molar-refractivity contribution in [3.05, 3.63) is 34.8 Å². The average molecular weight is 269 g/mol. The molecule has 2 aromatic rings. The van der Waals surface area contributed by atoms with Crippen molar-refractivity contribution in [3.63, 3.8) is 0 Å². The third-order valence-corrected chi connectivity index (χ3v) is 2.58. The summed E-state index contributed by atoms with van der Waals surface area (Å²) in [5.74, 6) is -2.39. The molecule has 0 aliphatic carbocycles. The zero-order valence-corrected chi connectivity index (χ0v) is 8.93. The number of halogens is 1. The predicted molar refractivity (Wildman–Crippen MR) is 54.9 cm³/mol. The Kier molecular flexibility index (Phi) is 2.28. The summed E-state index contributed by atoms with van der Waals surface area (Å²) in [5.41, 5.74) is 0.668. The predicted octanol–water partition coefficient (Wildman–Crippen LogP) is 1.36. The number of Topliss-reactive ketones (excluding diaryl/α,β-unsaturated/α-hetero) is 1. The van der Waals surface area contributed by atoms with E-state index in [9.17, 15) is 9.59 Å². The molecule has 2 aromatic heterocycles. The van der Waals surface area contributed by atoms with Crippen molar-refractivity contribution >= 4 is 33.2 Å². The molecule has 76 valence electrons. The Morgan fingerprint density at radius 1 is 1.47 bits per heavy atom. The van der Waals surface area contributed by atoms with Crippen LogP contribution in [0.3, 0.4) is 0 Å². The highest BCUT2D eigenvalue weighted by molar-refractivity contribution is 9.10. The van der Waals surface area contributed by atoms with E-state index in [0.29, 0.717) is 10.1 Å². The van der Waals surface area contributed by atoms with E-state index < -0.39 is 11.8 Å². The lowest BCUT2D eigenvalue weighted by Crippen LogP contribution is -2.12. The fraction of sp³-hybridized carbons (Fsp3) is 0. The topological polar surface area (TPSA) is 71.7 Å². The molecule has 0 amide bonds. The van der Waals surface area contributed by atoms with Crippen molar-refractivity contribution in [1.82, 2.24) is 9.38 Å². The van der Waals surface area contributed by atoms with Crippen LogP contribution in [0.2, 0.25) is 0 Å². The Labute approximate surface area is 92.5 Å². The molecule has 0 unspecified atom stereocenters. The number of ketones is 1. The molecule has 5 nitrogen and oxygen atoms in total. The van der Waals surface area contributed by atoms with E-state index >= 15 is 0 Å². The highest BCUT2D eigenvalue weighted by Crippen LogP contribution is 2.21. The molecule has 0 radical (unpaired) electrons. The number of hydrogen-bond donors (Lipinski definition) is 1. The Balaban J connectivity index is 2.72. The summed E-state index contributed by atoms with van der Waals surface area (Å²) >= 11 is 3.21. The molecule has 0 saturated heterocycles. The van der Waals surface area contributed by atoms with Gasteiger partial charge in [-0.3, -0.25) is 9.20 Å². The molecule has 0 bridgehead atoms. The number of carbonyl (C=O) groups excluding carboxylic acids is 1. The summed E-state index contributed by atoms with van der Waals surface area (Å²) < 4.78 is 2.19. The SMILES string of the molecule is O=C(O)C(=O)c1cc(Br)n2cnccc12. The monoisotopic (exact) mass is 268 g/mol. The number of carboxylic acid groups (broad SMARTS) is 1. The van der Waals surface area contributed by atoms with Crippen molar-refractivity contribution in [2.45, 2.75) is 0 Å². The first-order chi connectivity index (χ1) is 7.11. The van der Waals surface area contributed by atoms with Crippen LogP contribution in [0.25, 0.3) is 5.52 Å². The normalized spacial score (nSPS) is 10.5. The van der Waals surface area contributed by atoms with Gasteiger partial charge in [-0.05, 0) is 28.1 Å². The highest BCUT2D eigenvalue weighted by Gasteiger charge is 2.20. The highest BCUT2D eigenvalue weighted by atomic mass is 79.9. The molecule has 0 spiro atoms. The van der Waals surface area contributed by atoms with Crippen molar-refractivity contribution in [2.75, 3.05) is 0 Å². The van der Waals surface area contributed by atoms with Gasteiger partial charge in [0.05, 0.1) is 22.0 Å². The lowest BCUT2D eigenvalue weighted by Gasteiger charge is -1.95. The lowest BCUT2D eigenvalue weighted by molar-refractivity contribution is -0.131. The molecule has 0 fully saturated rings. The number of fused-ring (bicyclic) bond motifs is 1. The van der Waals surface area contributed by atoms with Crippen molar-refractivity contribution in [3.8, 4) is 0 Å². The van der Waals surface area contributed by atoms with Gasteiger partial charge >= 0.3 is 5.97 Å². The molecule has 0 atom stereocenters. The number of aliphatic carboxylic acids is 1. The molecule has 15 heavy (non-hydrogen) atoms. The number of carbonyl (C=O) groups is 2. The van der Waals surface area contributed by atoms with Crippen LogP contribution in [-0.2, 0) is 4.79 Å². The largest absolute Gasteiger partial charge is 0.475 e. The summed E-state index contributed by atoms with van der Waals surface area (Å²) in [7, 11) is 0. The van der Waals surface area contributed by atoms with Gasteiger partial charge in [-0.25, -0.2) is 9.78 Å². The summed E-state index contributed by atoms with van der Waals surface area (Å²) in [6.07, 6.45) is 3.00. The second kappa shape index (κ2) is 3.47. The Bertz CT molecular complexity index is 561. The molecule has 0 aromatic carbocycles. The van der Waals surface area contributed by atoms with Gasteiger partial charge in [-0.2, -0.15) is 0 Å². The number of nitrogens with zero attached hydrogens (tertiary/aromatic N) is 2. The molecule has 2 heterocycles. The molecular weight excluding hydrogens is 264 g/mol. The van der Waals surface area contributed by atoms with Gasteiger partial charge in [0.1, 0.15) is 0 Å². The Morgan fingerprint density at radius 2 is 2.20 bits per heavy atom. The van der Waals surface area contributed by atoms with E-state index in [-0.39, 0.29) is 5.56 Å². The van der Waals surface area contributed by atoms with Crippen LogP contribution >= 0.6 is 15.9 Å². The van der Waals surface area contributed by atoms with Gasteiger partial charge in [0.15, 0.2) is 0 Å². The van der Waals surface area contributed by atoms with Crippen LogP contribution in [0.5, 0.6) is 0 Å².